The van der Waals surface area contributed by atoms with Crippen LogP contribution < -0.4 is 10.1 Å². The fourth-order valence-corrected chi connectivity index (χ4v) is 5.28. The molecule has 0 aromatic heterocycles. The van der Waals surface area contributed by atoms with Crippen LogP contribution in [-0.4, -0.2) is 57.3 Å². The fourth-order valence-electron chi connectivity index (χ4n) is 3.67. The van der Waals surface area contributed by atoms with Gasteiger partial charge in [-0.1, -0.05) is 57.2 Å². The number of imide groups is 1. The summed E-state index contributed by atoms with van der Waals surface area (Å²) in [4.78, 5) is 28.1. The summed E-state index contributed by atoms with van der Waals surface area (Å²) in [5.74, 6) is 0.355. The molecule has 2 aromatic rings. The van der Waals surface area contributed by atoms with E-state index in [-0.39, 0.29) is 17.7 Å². The number of methoxy groups -OCH3 is 1. The average molecular weight is 543 g/mol. The molecular formula is C28H38N2O5SSi. The highest BCUT2D eigenvalue weighted by molar-refractivity contribution is 7.98. The van der Waals surface area contributed by atoms with Crippen molar-refractivity contribution in [3.8, 4) is 5.75 Å². The lowest BCUT2D eigenvalue weighted by molar-refractivity contribution is -0.124. The Kier molecular flexibility index (Phi) is 9.50. The fraction of sp³-hybridized carbons (Fsp3) is 0.429. The van der Waals surface area contributed by atoms with Crippen molar-refractivity contribution in [1.82, 2.24) is 4.90 Å². The maximum atomic E-state index is 13.1. The van der Waals surface area contributed by atoms with Crippen molar-refractivity contribution in [2.45, 2.75) is 62.5 Å². The molecule has 0 bridgehead atoms. The van der Waals surface area contributed by atoms with Gasteiger partial charge in [0.1, 0.15) is 12.4 Å². The van der Waals surface area contributed by atoms with Gasteiger partial charge in [-0.25, -0.2) is 9.69 Å². The van der Waals surface area contributed by atoms with Crippen molar-refractivity contribution in [1.29, 1.82) is 0 Å². The summed E-state index contributed by atoms with van der Waals surface area (Å²) in [6.45, 7) is 11.3. The summed E-state index contributed by atoms with van der Waals surface area (Å²) < 4.78 is 17.5. The van der Waals surface area contributed by atoms with Crippen LogP contribution in [0.5, 0.6) is 5.75 Å². The van der Waals surface area contributed by atoms with Crippen LogP contribution in [-0.2, 0) is 20.6 Å². The zero-order valence-electron chi connectivity index (χ0n) is 22.7. The summed E-state index contributed by atoms with van der Waals surface area (Å²) in [5, 5.41) is 3.57. The summed E-state index contributed by atoms with van der Waals surface area (Å²) in [6, 6.07) is 14.2. The first kappa shape index (κ1) is 28.8. The van der Waals surface area contributed by atoms with Crippen molar-refractivity contribution in [2.75, 3.05) is 25.3 Å². The molecule has 0 saturated heterocycles. The molecule has 1 N–H and O–H groups in total. The Morgan fingerprint density at radius 1 is 1.16 bits per heavy atom. The number of carbonyl (C=O) groups excluding carboxylic acids is 2. The quantitative estimate of drug-likeness (QED) is 0.278. The van der Waals surface area contributed by atoms with Crippen molar-refractivity contribution < 1.29 is 23.5 Å². The maximum absolute atomic E-state index is 13.1. The summed E-state index contributed by atoms with van der Waals surface area (Å²) in [7, 11) is -0.472. The highest BCUT2D eigenvalue weighted by Crippen LogP contribution is 2.37. The topological polar surface area (TPSA) is 77.1 Å². The van der Waals surface area contributed by atoms with Gasteiger partial charge in [-0.15, -0.1) is 11.8 Å². The van der Waals surface area contributed by atoms with Crippen LogP contribution >= 0.6 is 11.8 Å². The second-order valence-corrected chi connectivity index (χ2v) is 16.1. The third kappa shape index (κ3) is 7.18. The normalized spacial score (nSPS) is 16.6. The number of hydrogen-bond acceptors (Lipinski definition) is 7. The summed E-state index contributed by atoms with van der Waals surface area (Å²) >= 11 is 1.59. The molecule has 1 heterocycles. The van der Waals surface area contributed by atoms with Gasteiger partial charge in [0.25, 0.3) is 5.91 Å². The minimum Gasteiger partial charge on any atom is -0.497 e. The molecule has 2 atom stereocenters. The van der Waals surface area contributed by atoms with E-state index in [0.29, 0.717) is 6.61 Å². The number of rotatable bonds is 10. The molecule has 9 heteroatoms. The molecule has 1 aliphatic heterocycles. The number of ether oxygens (including phenoxy) is 2. The predicted octanol–water partition coefficient (Wildman–Crippen LogP) is 6.32. The van der Waals surface area contributed by atoms with Crippen LogP contribution in [0.25, 0.3) is 0 Å². The Morgan fingerprint density at radius 3 is 2.49 bits per heavy atom. The second kappa shape index (κ2) is 12.2. The van der Waals surface area contributed by atoms with E-state index in [4.69, 9.17) is 13.9 Å². The third-order valence-electron chi connectivity index (χ3n) is 6.97. The predicted molar refractivity (Wildman–Crippen MR) is 152 cm³/mol. The lowest BCUT2D eigenvalue weighted by Gasteiger charge is -2.39. The Hall–Kier alpha value is -2.75. The van der Waals surface area contributed by atoms with Crippen LogP contribution in [0, 0.1) is 0 Å². The zero-order valence-corrected chi connectivity index (χ0v) is 24.6. The minimum absolute atomic E-state index is 0.0116. The Morgan fingerprint density at radius 2 is 1.86 bits per heavy atom. The molecule has 0 radical (unpaired) electrons. The first-order valence-electron chi connectivity index (χ1n) is 12.3. The van der Waals surface area contributed by atoms with Crippen LogP contribution in [0.1, 0.15) is 26.3 Å². The first-order chi connectivity index (χ1) is 17.5. The lowest BCUT2D eigenvalue weighted by atomic mass is 10.1. The van der Waals surface area contributed by atoms with Gasteiger partial charge in [-0.3, -0.25) is 4.79 Å². The molecule has 1 aliphatic rings. The number of anilines is 1. The molecule has 0 spiro atoms. The SMILES string of the molecule is COc1ccc(N[C@@H](CO[Si](C)(C)C(C)(C)C)[C@H]2C=CC(=O)N2C(=O)OCc2ccccc2)c(SC)c1. The Balaban J connectivity index is 1.87. The highest BCUT2D eigenvalue weighted by atomic mass is 32.2. The van der Waals surface area contributed by atoms with Crippen molar-refractivity contribution in [3.63, 3.8) is 0 Å². The molecule has 0 aliphatic carbocycles. The molecule has 2 amide bonds. The van der Waals surface area contributed by atoms with Gasteiger partial charge in [0.05, 0.1) is 25.8 Å². The van der Waals surface area contributed by atoms with E-state index in [1.807, 2.05) is 54.8 Å². The van der Waals surface area contributed by atoms with Gasteiger partial charge >= 0.3 is 6.09 Å². The largest absolute Gasteiger partial charge is 0.497 e. The zero-order chi connectivity index (χ0) is 27.2. The number of carbonyl (C=O) groups is 2. The third-order valence-corrected chi connectivity index (χ3v) is 12.2. The number of hydrogen-bond donors (Lipinski definition) is 1. The van der Waals surface area contributed by atoms with E-state index in [9.17, 15) is 9.59 Å². The van der Waals surface area contributed by atoms with E-state index in [1.165, 1.54) is 11.0 Å². The molecule has 0 unspecified atom stereocenters. The molecule has 2 aromatic carbocycles. The van der Waals surface area contributed by atoms with E-state index < -0.39 is 26.4 Å². The van der Waals surface area contributed by atoms with E-state index in [2.05, 4.69) is 39.2 Å². The Labute approximate surface area is 225 Å². The van der Waals surface area contributed by atoms with Crippen molar-refractivity contribution >= 4 is 37.8 Å². The van der Waals surface area contributed by atoms with Gasteiger partial charge in [0.15, 0.2) is 8.32 Å². The van der Waals surface area contributed by atoms with Gasteiger partial charge in [-0.2, -0.15) is 0 Å². The molecule has 3 rings (SSSR count). The number of nitrogens with zero attached hydrogens (tertiary/aromatic N) is 1. The van der Waals surface area contributed by atoms with Crippen molar-refractivity contribution in [3.05, 3.63) is 66.2 Å². The van der Waals surface area contributed by atoms with Crippen molar-refractivity contribution in [2.24, 2.45) is 0 Å². The van der Waals surface area contributed by atoms with Crippen LogP contribution in [0.15, 0.2) is 65.6 Å². The van der Waals surface area contributed by atoms with E-state index in [1.54, 1.807) is 24.9 Å². The standard InChI is InChI=1S/C28H38N2O5SSi/c1-28(2,3)37(6,7)35-19-23(29-22-14-13-21(33-4)17-25(22)36-5)24-15-16-26(31)30(24)27(32)34-18-20-11-9-8-10-12-20/h8-17,23-24,29H,18-19H2,1-7H3/t23-,24+/m0/s1. The number of thioether (sulfide) groups is 1. The summed E-state index contributed by atoms with van der Waals surface area (Å²) in [5.41, 5.74) is 1.73. The molecule has 7 nitrogen and oxygen atoms in total. The molecule has 0 saturated carbocycles. The van der Waals surface area contributed by atoms with Crippen LogP contribution in [0.2, 0.25) is 18.1 Å². The second-order valence-electron chi connectivity index (χ2n) is 10.5. The maximum Gasteiger partial charge on any atom is 0.417 e. The Bertz CT molecular complexity index is 1120. The first-order valence-corrected chi connectivity index (χ1v) is 16.4. The molecular weight excluding hydrogens is 504 g/mol. The average Bonchev–Trinajstić information content (AvgIpc) is 3.26. The van der Waals surface area contributed by atoms with Gasteiger partial charge in [0, 0.05) is 16.7 Å². The van der Waals surface area contributed by atoms with E-state index in [0.717, 1.165) is 21.9 Å². The number of nitrogens with one attached hydrogen (secondary N) is 1. The monoisotopic (exact) mass is 542 g/mol. The van der Waals surface area contributed by atoms with Crippen LogP contribution in [0.3, 0.4) is 0 Å². The van der Waals surface area contributed by atoms with Crippen LogP contribution in [0.4, 0.5) is 10.5 Å². The molecule has 200 valence electrons. The molecule has 0 fully saturated rings. The summed E-state index contributed by atoms with van der Waals surface area (Å²) in [6.07, 6.45) is 4.50. The number of benzene rings is 2. The lowest BCUT2D eigenvalue weighted by Crippen LogP contribution is -2.52. The molecule has 37 heavy (non-hydrogen) atoms. The minimum atomic E-state index is -2.11. The smallest absolute Gasteiger partial charge is 0.417 e. The highest BCUT2D eigenvalue weighted by Gasteiger charge is 2.42. The number of amides is 2. The van der Waals surface area contributed by atoms with Gasteiger partial charge in [-0.05, 0) is 48.2 Å². The van der Waals surface area contributed by atoms with Gasteiger partial charge < -0.3 is 19.2 Å². The van der Waals surface area contributed by atoms with E-state index >= 15 is 0 Å². The van der Waals surface area contributed by atoms with Gasteiger partial charge in [0.2, 0.25) is 0 Å².